The standard InChI is InChI=1S/C16H13N5O6S/c1-26-13-10(8-28-16(13)21(24)25)15(23)20-6-2-5-19(20)14(22)9-3-4-11-12(7-9)18-27-17-11/h3-4,7-8H,2,5-6H2,1H3. The first-order valence-corrected chi connectivity index (χ1v) is 9.05. The predicted octanol–water partition coefficient (Wildman–Crippen LogP) is 2.10. The second-order valence-electron chi connectivity index (χ2n) is 5.92. The lowest BCUT2D eigenvalue weighted by atomic mass is 10.2. The molecule has 28 heavy (non-hydrogen) atoms. The Labute approximate surface area is 161 Å². The Morgan fingerprint density at radius 1 is 1.21 bits per heavy atom. The predicted molar refractivity (Wildman–Crippen MR) is 96.0 cm³/mol. The molecule has 1 aliphatic rings. The van der Waals surface area contributed by atoms with E-state index in [4.69, 9.17) is 4.74 Å². The summed E-state index contributed by atoms with van der Waals surface area (Å²) in [5, 5.41) is 22.2. The van der Waals surface area contributed by atoms with Gasteiger partial charge in [-0.05, 0) is 34.9 Å². The maximum atomic E-state index is 13.0. The van der Waals surface area contributed by atoms with Gasteiger partial charge in [-0.1, -0.05) is 11.3 Å². The molecule has 4 rings (SSSR count). The lowest BCUT2D eigenvalue weighted by Gasteiger charge is -2.27. The number of fused-ring (bicyclic) bond motifs is 1. The zero-order valence-electron chi connectivity index (χ0n) is 14.5. The Bertz CT molecular complexity index is 1090. The van der Waals surface area contributed by atoms with E-state index in [1.54, 1.807) is 12.1 Å². The van der Waals surface area contributed by atoms with Gasteiger partial charge in [0.15, 0.2) is 0 Å². The molecule has 0 spiro atoms. The molecule has 0 N–H and O–H groups in total. The average molecular weight is 403 g/mol. The number of carbonyl (C=O) groups excluding carboxylic acids is 2. The van der Waals surface area contributed by atoms with Crippen molar-refractivity contribution in [2.75, 3.05) is 20.2 Å². The number of hydrogen-bond acceptors (Lipinski definition) is 9. The Kier molecular flexibility index (Phi) is 4.39. The molecule has 2 aromatic heterocycles. The van der Waals surface area contributed by atoms with Crippen LogP contribution in [0.5, 0.6) is 5.75 Å². The van der Waals surface area contributed by atoms with Gasteiger partial charge in [-0.25, -0.2) is 14.6 Å². The van der Waals surface area contributed by atoms with Crippen LogP contribution in [-0.4, -0.2) is 57.3 Å². The normalized spacial score (nSPS) is 13.9. The third kappa shape index (κ3) is 2.83. The fourth-order valence-electron chi connectivity index (χ4n) is 3.04. The first-order valence-electron chi connectivity index (χ1n) is 8.17. The van der Waals surface area contributed by atoms with Crippen molar-refractivity contribution in [2.24, 2.45) is 0 Å². The summed E-state index contributed by atoms with van der Waals surface area (Å²) in [6.07, 6.45) is 0.583. The molecule has 12 heteroatoms. The topological polar surface area (TPSA) is 132 Å². The first-order chi connectivity index (χ1) is 13.5. The molecule has 0 saturated carbocycles. The summed E-state index contributed by atoms with van der Waals surface area (Å²) < 4.78 is 9.70. The fraction of sp³-hybridized carbons (Fsp3) is 0.250. The monoisotopic (exact) mass is 403 g/mol. The minimum atomic E-state index is -0.603. The van der Waals surface area contributed by atoms with Gasteiger partial charge in [-0.15, -0.1) is 0 Å². The van der Waals surface area contributed by atoms with Crippen LogP contribution in [0, 0.1) is 10.1 Å². The highest BCUT2D eigenvalue weighted by Crippen LogP contribution is 2.38. The van der Waals surface area contributed by atoms with Crippen molar-refractivity contribution < 1.29 is 23.9 Å². The van der Waals surface area contributed by atoms with E-state index in [1.807, 2.05) is 0 Å². The molecular formula is C16H13N5O6S. The minimum Gasteiger partial charge on any atom is -0.489 e. The lowest BCUT2D eigenvalue weighted by Crippen LogP contribution is -2.44. The van der Waals surface area contributed by atoms with Crippen LogP contribution in [0.1, 0.15) is 27.1 Å². The van der Waals surface area contributed by atoms with Gasteiger partial charge in [0.1, 0.15) is 16.6 Å². The Balaban J connectivity index is 1.63. The van der Waals surface area contributed by atoms with Gasteiger partial charge in [-0.3, -0.25) is 19.7 Å². The van der Waals surface area contributed by atoms with Crippen LogP contribution < -0.4 is 4.74 Å². The van der Waals surface area contributed by atoms with Crippen LogP contribution in [0.25, 0.3) is 11.0 Å². The van der Waals surface area contributed by atoms with E-state index < -0.39 is 10.8 Å². The molecule has 3 aromatic rings. The number of benzene rings is 1. The summed E-state index contributed by atoms with van der Waals surface area (Å²) in [5.74, 6) is -1.02. The molecule has 3 heterocycles. The van der Waals surface area contributed by atoms with Gasteiger partial charge < -0.3 is 4.74 Å². The van der Waals surface area contributed by atoms with Crippen LogP contribution in [0.2, 0.25) is 0 Å². The number of aromatic nitrogens is 2. The smallest absolute Gasteiger partial charge is 0.366 e. The minimum absolute atomic E-state index is 0.0510. The summed E-state index contributed by atoms with van der Waals surface area (Å²) in [5.41, 5.74) is 1.32. The van der Waals surface area contributed by atoms with Crippen LogP contribution in [0.4, 0.5) is 5.00 Å². The van der Waals surface area contributed by atoms with Crippen molar-refractivity contribution in [1.29, 1.82) is 0 Å². The second kappa shape index (κ2) is 6.88. The quantitative estimate of drug-likeness (QED) is 0.478. The molecule has 0 radical (unpaired) electrons. The first kappa shape index (κ1) is 17.9. The number of hydrogen-bond donors (Lipinski definition) is 0. The summed E-state index contributed by atoms with van der Waals surface area (Å²) in [4.78, 5) is 36.4. The van der Waals surface area contributed by atoms with Crippen LogP contribution in [-0.2, 0) is 0 Å². The molecule has 0 bridgehead atoms. The van der Waals surface area contributed by atoms with E-state index in [2.05, 4.69) is 14.9 Å². The summed E-state index contributed by atoms with van der Waals surface area (Å²) >= 11 is 0.804. The Morgan fingerprint density at radius 3 is 2.64 bits per heavy atom. The molecule has 1 saturated heterocycles. The van der Waals surface area contributed by atoms with Gasteiger partial charge >= 0.3 is 5.00 Å². The van der Waals surface area contributed by atoms with Crippen LogP contribution in [0.15, 0.2) is 28.2 Å². The van der Waals surface area contributed by atoms with Crippen molar-refractivity contribution in [3.8, 4) is 5.75 Å². The van der Waals surface area contributed by atoms with Crippen molar-refractivity contribution >= 4 is 39.2 Å². The largest absolute Gasteiger partial charge is 0.489 e. The van der Waals surface area contributed by atoms with Crippen molar-refractivity contribution in [3.05, 3.63) is 44.8 Å². The zero-order chi connectivity index (χ0) is 19.8. The van der Waals surface area contributed by atoms with Gasteiger partial charge in [0.05, 0.1) is 12.0 Å². The number of hydrazine groups is 1. The third-order valence-corrected chi connectivity index (χ3v) is 5.24. The average Bonchev–Trinajstić information content (AvgIpc) is 3.44. The lowest BCUT2D eigenvalue weighted by molar-refractivity contribution is -0.381. The van der Waals surface area contributed by atoms with Crippen LogP contribution in [0.3, 0.4) is 0 Å². The molecule has 0 aliphatic carbocycles. The Hall–Kier alpha value is -3.54. The number of nitro groups is 1. The highest BCUT2D eigenvalue weighted by atomic mass is 32.1. The molecule has 1 aromatic carbocycles. The van der Waals surface area contributed by atoms with Crippen molar-refractivity contribution in [1.82, 2.24) is 20.3 Å². The molecule has 1 fully saturated rings. The molecular weight excluding hydrogens is 390 g/mol. The zero-order valence-corrected chi connectivity index (χ0v) is 15.3. The molecule has 11 nitrogen and oxygen atoms in total. The maximum Gasteiger partial charge on any atom is 0.366 e. The van der Waals surface area contributed by atoms with E-state index in [-0.39, 0.29) is 22.2 Å². The van der Waals surface area contributed by atoms with E-state index in [1.165, 1.54) is 28.6 Å². The highest BCUT2D eigenvalue weighted by molar-refractivity contribution is 7.14. The molecule has 0 unspecified atom stereocenters. The molecule has 0 atom stereocenters. The van der Waals surface area contributed by atoms with Crippen molar-refractivity contribution in [2.45, 2.75) is 6.42 Å². The third-order valence-electron chi connectivity index (χ3n) is 4.33. The van der Waals surface area contributed by atoms with E-state index in [0.29, 0.717) is 36.1 Å². The number of methoxy groups -OCH3 is 1. The summed E-state index contributed by atoms with van der Waals surface area (Å²) in [6, 6.07) is 4.71. The number of thiophene rings is 1. The summed E-state index contributed by atoms with van der Waals surface area (Å²) in [6.45, 7) is 0.652. The Morgan fingerprint density at radius 2 is 1.93 bits per heavy atom. The number of ether oxygens (including phenoxy) is 1. The van der Waals surface area contributed by atoms with E-state index >= 15 is 0 Å². The van der Waals surface area contributed by atoms with Gasteiger partial charge in [0.2, 0.25) is 5.75 Å². The van der Waals surface area contributed by atoms with E-state index in [0.717, 1.165) is 11.3 Å². The SMILES string of the molecule is COc1c(C(=O)N2CCCN2C(=O)c2ccc3nonc3c2)csc1[N+](=O)[O-]. The van der Waals surface area contributed by atoms with Crippen molar-refractivity contribution in [3.63, 3.8) is 0 Å². The van der Waals surface area contributed by atoms with Crippen LogP contribution >= 0.6 is 11.3 Å². The van der Waals surface area contributed by atoms with Gasteiger partial charge in [0.25, 0.3) is 11.8 Å². The number of rotatable bonds is 4. The number of amides is 2. The maximum absolute atomic E-state index is 13.0. The molecule has 2 amide bonds. The van der Waals surface area contributed by atoms with E-state index in [9.17, 15) is 19.7 Å². The fourth-order valence-corrected chi connectivity index (χ4v) is 3.87. The van der Waals surface area contributed by atoms with Gasteiger partial charge in [-0.2, -0.15) is 0 Å². The van der Waals surface area contributed by atoms with Gasteiger partial charge in [0, 0.05) is 24.0 Å². The molecule has 1 aliphatic heterocycles. The highest BCUT2D eigenvalue weighted by Gasteiger charge is 2.36. The summed E-state index contributed by atoms with van der Waals surface area (Å²) in [7, 11) is 1.26. The number of carbonyl (C=O) groups is 2. The molecule has 144 valence electrons. The number of nitrogens with zero attached hydrogens (tertiary/aromatic N) is 5. The second-order valence-corrected chi connectivity index (χ2v) is 6.78.